The summed E-state index contributed by atoms with van der Waals surface area (Å²) < 4.78 is 0. The molecule has 0 radical (unpaired) electrons. The van der Waals surface area contributed by atoms with Crippen molar-refractivity contribution in [3.8, 4) is 44.5 Å². The predicted octanol–water partition coefficient (Wildman–Crippen LogP) is 16.3. The number of fused-ring (bicyclic) bond motifs is 2. The zero-order valence-electron chi connectivity index (χ0n) is 36.3. The van der Waals surface area contributed by atoms with Gasteiger partial charge in [-0.25, -0.2) is 0 Å². The first-order chi connectivity index (χ1) is 32.8. The SMILES string of the molecule is c1ccc(-c2cc3c(cc2-c2ccccc2)N(c2ccccc2)C(C2N(c4ccccc4)c4cc(-c5ccccc5)c(-c5ccccc5)cc4N2c2ccccc2)N3c2ccccc2)cc1. The monoisotopic (exact) mass is 846 g/mol. The van der Waals surface area contributed by atoms with E-state index in [1.807, 2.05) is 0 Å². The third kappa shape index (κ3) is 6.79. The first-order valence-electron chi connectivity index (χ1n) is 22.7. The molecule has 2 aliphatic rings. The smallest absolute Gasteiger partial charge is 0.151 e. The normalized spacial score (nSPS) is 13.5. The number of rotatable bonds is 9. The van der Waals surface area contributed by atoms with Crippen molar-refractivity contribution in [2.24, 2.45) is 0 Å². The molecule has 314 valence electrons. The Hall–Kier alpha value is -8.60. The fraction of sp³-hybridized carbons (Fsp3) is 0.0323. The molecule has 10 aromatic rings. The molecule has 0 saturated carbocycles. The largest absolute Gasteiger partial charge is 0.314 e. The van der Waals surface area contributed by atoms with Crippen LogP contribution in [0.3, 0.4) is 0 Å². The molecule has 12 rings (SSSR count). The van der Waals surface area contributed by atoms with Crippen molar-refractivity contribution in [1.82, 2.24) is 0 Å². The van der Waals surface area contributed by atoms with E-state index in [4.69, 9.17) is 0 Å². The summed E-state index contributed by atoms with van der Waals surface area (Å²) in [4.78, 5) is 10.4. The van der Waals surface area contributed by atoms with Crippen LogP contribution in [0.25, 0.3) is 44.5 Å². The van der Waals surface area contributed by atoms with Gasteiger partial charge in [0, 0.05) is 22.7 Å². The Kier molecular flexibility index (Phi) is 9.95. The fourth-order valence-corrected chi connectivity index (χ4v) is 10.2. The number of hydrogen-bond acceptors (Lipinski definition) is 4. The quantitative estimate of drug-likeness (QED) is 0.143. The molecule has 0 aromatic heterocycles. The highest BCUT2D eigenvalue weighted by atomic mass is 15.5. The topological polar surface area (TPSA) is 13.0 Å². The standard InChI is InChI=1S/C62H46N4/c1-9-25-45(26-10-1)53-41-57-58(42-54(53)46-27-11-2-12-28-46)64(50-35-19-6-20-36-50)61(63(57)49-33-17-5-18-34-49)62-65(51-37-21-7-22-38-51)59-43-55(47-29-13-3-14-30-47)56(48-31-15-4-16-32-48)44-60(59)66(62)52-39-23-8-24-40-52/h1-44,61-62H. The number of benzene rings is 10. The van der Waals surface area contributed by atoms with Crippen LogP contribution in [0.4, 0.5) is 45.5 Å². The van der Waals surface area contributed by atoms with Gasteiger partial charge in [-0.05, 0) is 117 Å². The lowest BCUT2D eigenvalue weighted by Gasteiger charge is -2.44. The summed E-state index contributed by atoms with van der Waals surface area (Å²) in [6.45, 7) is 0. The van der Waals surface area contributed by atoms with Gasteiger partial charge in [0.15, 0.2) is 12.3 Å². The van der Waals surface area contributed by atoms with Crippen molar-refractivity contribution in [2.75, 3.05) is 19.6 Å². The fourth-order valence-electron chi connectivity index (χ4n) is 10.2. The van der Waals surface area contributed by atoms with Crippen LogP contribution < -0.4 is 19.6 Å². The van der Waals surface area contributed by atoms with Gasteiger partial charge in [0.1, 0.15) is 0 Å². The van der Waals surface area contributed by atoms with E-state index in [1.54, 1.807) is 0 Å². The van der Waals surface area contributed by atoms with Crippen LogP contribution in [0, 0.1) is 0 Å². The maximum absolute atomic E-state index is 2.60. The summed E-state index contributed by atoms with van der Waals surface area (Å²) in [5.41, 5.74) is 18.4. The molecule has 0 N–H and O–H groups in total. The van der Waals surface area contributed by atoms with Gasteiger partial charge in [-0.2, -0.15) is 0 Å². The summed E-state index contributed by atoms with van der Waals surface area (Å²) in [6, 6.07) is 97.1. The van der Waals surface area contributed by atoms with Crippen molar-refractivity contribution in [3.05, 3.63) is 267 Å². The Morgan fingerprint density at radius 3 is 0.545 bits per heavy atom. The molecule has 4 nitrogen and oxygen atoms in total. The number of hydrogen-bond donors (Lipinski definition) is 0. The maximum Gasteiger partial charge on any atom is 0.151 e. The first kappa shape index (κ1) is 39.0. The van der Waals surface area contributed by atoms with Gasteiger partial charge in [0.25, 0.3) is 0 Å². The molecule has 66 heavy (non-hydrogen) atoms. The lowest BCUT2D eigenvalue weighted by atomic mass is 9.93. The summed E-state index contributed by atoms with van der Waals surface area (Å²) in [5, 5.41) is 0. The van der Waals surface area contributed by atoms with E-state index in [1.165, 1.54) is 44.5 Å². The van der Waals surface area contributed by atoms with E-state index in [0.29, 0.717) is 0 Å². The van der Waals surface area contributed by atoms with Crippen LogP contribution in [0.15, 0.2) is 267 Å². The van der Waals surface area contributed by atoms with Gasteiger partial charge < -0.3 is 19.6 Å². The first-order valence-corrected chi connectivity index (χ1v) is 22.7. The lowest BCUT2D eigenvalue weighted by molar-refractivity contribution is 0.550. The van der Waals surface area contributed by atoms with Crippen LogP contribution in [0.5, 0.6) is 0 Å². The summed E-state index contributed by atoms with van der Waals surface area (Å²) in [7, 11) is 0. The third-order valence-corrected chi connectivity index (χ3v) is 13.1. The van der Waals surface area contributed by atoms with E-state index >= 15 is 0 Å². The second kappa shape index (κ2) is 16.8. The van der Waals surface area contributed by atoms with Crippen LogP contribution >= 0.6 is 0 Å². The minimum atomic E-state index is -0.312. The molecule has 0 aliphatic carbocycles. The maximum atomic E-state index is 2.60. The van der Waals surface area contributed by atoms with Gasteiger partial charge >= 0.3 is 0 Å². The molecule has 0 bridgehead atoms. The minimum Gasteiger partial charge on any atom is -0.314 e. The molecule has 10 aromatic carbocycles. The molecule has 0 unspecified atom stereocenters. The number of nitrogens with zero attached hydrogens (tertiary/aromatic N) is 4. The van der Waals surface area contributed by atoms with Crippen LogP contribution in [-0.4, -0.2) is 12.3 Å². The molecule has 0 atom stereocenters. The van der Waals surface area contributed by atoms with Gasteiger partial charge in [0.2, 0.25) is 0 Å². The highest BCUT2D eigenvalue weighted by Gasteiger charge is 2.52. The van der Waals surface area contributed by atoms with E-state index in [0.717, 1.165) is 45.5 Å². The van der Waals surface area contributed by atoms with Crippen molar-refractivity contribution < 1.29 is 0 Å². The molecule has 0 spiro atoms. The van der Waals surface area contributed by atoms with E-state index in [2.05, 4.69) is 287 Å². The molecular formula is C62H46N4. The molecule has 0 amide bonds. The van der Waals surface area contributed by atoms with Crippen molar-refractivity contribution in [2.45, 2.75) is 12.3 Å². The molecule has 0 fully saturated rings. The summed E-state index contributed by atoms with van der Waals surface area (Å²) in [5.74, 6) is 0. The Morgan fingerprint density at radius 1 is 0.197 bits per heavy atom. The zero-order chi connectivity index (χ0) is 43.8. The molecule has 2 aliphatic heterocycles. The molecular weight excluding hydrogens is 801 g/mol. The summed E-state index contributed by atoms with van der Waals surface area (Å²) >= 11 is 0. The summed E-state index contributed by atoms with van der Waals surface area (Å²) in [6.07, 6.45) is -0.625. The lowest BCUT2D eigenvalue weighted by Crippen LogP contribution is -2.58. The van der Waals surface area contributed by atoms with E-state index < -0.39 is 0 Å². The average Bonchev–Trinajstić information content (AvgIpc) is 3.92. The molecule has 0 saturated heterocycles. The zero-order valence-corrected chi connectivity index (χ0v) is 36.3. The van der Waals surface area contributed by atoms with Crippen molar-refractivity contribution in [3.63, 3.8) is 0 Å². The predicted molar refractivity (Wildman–Crippen MR) is 277 cm³/mol. The highest BCUT2D eigenvalue weighted by molar-refractivity contribution is 6.01. The number of para-hydroxylation sites is 4. The van der Waals surface area contributed by atoms with Crippen LogP contribution in [0.1, 0.15) is 0 Å². The van der Waals surface area contributed by atoms with Crippen LogP contribution in [-0.2, 0) is 0 Å². The Labute approximate surface area is 387 Å². The van der Waals surface area contributed by atoms with Crippen molar-refractivity contribution in [1.29, 1.82) is 0 Å². The Morgan fingerprint density at radius 2 is 0.364 bits per heavy atom. The Bertz CT molecular complexity index is 2800. The average molecular weight is 847 g/mol. The highest BCUT2D eigenvalue weighted by Crippen LogP contribution is 2.59. The molecule has 4 heteroatoms. The third-order valence-electron chi connectivity index (χ3n) is 13.1. The van der Waals surface area contributed by atoms with Gasteiger partial charge in [-0.15, -0.1) is 0 Å². The van der Waals surface area contributed by atoms with Gasteiger partial charge in [-0.1, -0.05) is 194 Å². The minimum absolute atomic E-state index is 0.312. The van der Waals surface area contributed by atoms with Gasteiger partial charge in [-0.3, -0.25) is 0 Å². The second-order valence-electron chi connectivity index (χ2n) is 16.9. The van der Waals surface area contributed by atoms with Gasteiger partial charge in [0.05, 0.1) is 22.7 Å². The molecule has 2 heterocycles. The van der Waals surface area contributed by atoms with E-state index in [-0.39, 0.29) is 12.3 Å². The number of anilines is 8. The van der Waals surface area contributed by atoms with Crippen molar-refractivity contribution >= 4 is 45.5 Å². The van der Waals surface area contributed by atoms with E-state index in [9.17, 15) is 0 Å². The van der Waals surface area contributed by atoms with Crippen LogP contribution in [0.2, 0.25) is 0 Å². The second-order valence-corrected chi connectivity index (χ2v) is 16.9. The Balaban J connectivity index is 1.19.